The van der Waals surface area contributed by atoms with Gasteiger partial charge < -0.3 is 4.74 Å². The number of hydrogen-bond donors (Lipinski definition) is 2. The molecule has 0 amide bonds. The maximum atomic E-state index is 5.84. The summed E-state index contributed by atoms with van der Waals surface area (Å²) in [6.45, 7) is 2.94. The smallest absolute Gasteiger partial charge is 0.161 e. The molecule has 1 unspecified atom stereocenters. The molecule has 0 aliphatic heterocycles. The summed E-state index contributed by atoms with van der Waals surface area (Å²) in [6, 6.07) is 5.95. The van der Waals surface area contributed by atoms with Crippen molar-refractivity contribution in [2.45, 2.75) is 25.9 Å². The van der Waals surface area contributed by atoms with Crippen molar-refractivity contribution in [3.63, 3.8) is 0 Å². The molecule has 1 heterocycles. The second-order valence-electron chi connectivity index (χ2n) is 4.59. The normalized spacial score (nSPS) is 12.4. The lowest BCUT2D eigenvalue weighted by Gasteiger charge is -2.21. The lowest BCUT2D eigenvalue weighted by atomic mass is 10.0. The number of benzene rings is 1. The minimum atomic E-state index is -0.182. The summed E-state index contributed by atoms with van der Waals surface area (Å²) >= 11 is 5.83. The number of aryl methyl sites for hydroxylation is 1. The van der Waals surface area contributed by atoms with Crippen molar-refractivity contribution >= 4 is 38.5 Å². The first-order valence-corrected chi connectivity index (χ1v) is 8.50. The standard InChI is InChI=1S/C14H18BrIN4O/c1-3-6-20-14(12(21-2)8-18-20)13(19-17)10-7-9(15)4-5-11(10)16/h4-5,7-8,13,19H,3,6,17H2,1-2H3. The Morgan fingerprint density at radius 1 is 1.52 bits per heavy atom. The van der Waals surface area contributed by atoms with Crippen molar-refractivity contribution in [2.24, 2.45) is 5.84 Å². The van der Waals surface area contributed by atoms with Gasteiger partial charge in [0.05, 0.1) is 19.3 Å². The van der Waals surface area contributed by atoms with E-state index in [4.69, 9.17) is 10.6 Å². The summed E-state index contributed by atoms with van der Waals surface area (Å²) in [4.78, 5) is 0. The van der Waals surface area contributed by atoms with Gasteiger partial charge in [0.2, 0.25) is 0 Å². The van der Waals surface area contributed by atoms with Crippen LogP contribution in [0.4, 0.5) is 0 Å². The predicted molar refractivity (Wildman–Crippen MR) is 95.1 cm³/mol. The van der Waals surface area contributed by atoms with Crippen LogP contribution in [0, 0.1) is 3.57 Å². The highest BCUT2D eigenvalue weighted by molar-refractivity contribution is 14.1. The molecule has 0 aliphatic carbocycles. The molecule has 114 valence electrons. The van der Waals surface area contributed by atoms with Crippen LogP contribution in [0.3, 0.4) is 0 Å². The first kappa shape index (κ1) is 16.7. The van der Waals surface area contributed by atoms with Crippen LogP contribution >= 0.6 is 38.5 Å². The van der Waals surface area contributed by atoms with E-state index in [2.05, 4.69) is 68.1 Å². The van der Waals surface area contributed by atoms with Gasteiger partial charge in [-0.15, -0.1) is 0 Å². The molecule has 3 N–H and O–H groups in total. The number of hydrazine groups is 1. The van der Waals surface area contributed by atoms with Crippen molar-refractivity contribution in [1.29, 1.82) is 0 Å². The van der Waals surface area contributed by atoms with Crippen molar-refractivity contribution in [2.75, 3.05) is 7.11 Å². The summed E-state index contributed by atoms with van der Waals surface area (Å²) in [5.41, 5.74) is 4.93. The van der Waals surface area contributed by atoms with Gasteiger partial charge in [0, 0.05) is 14.6 Å². The molecule has 5 nitrogen and oxygen atoms in total. The van der Waals surface area contributed by atoms with Gasteiger partial charge >= 0.3 is 0 Å². The zero-order chi connectivity index (χ0) is 15.4. The Kier molecular flexibility index (Phi) is 6.03. The average Bonchev–Trinajstić information content (AvgIpc) is 2.87. The lowest BCUT2D eigenvalue weighted by molar-refractivity contribution is 0.398. The fourth-order valence-electron chi connectivity index (χ4n) is 2.27. The number of rotatable bonds is 6. The SMILES string of the molecule is CCCn1ncc(OC)c1C(NN)c1cc(Br)ccc1I. The molecule has 0 radical (unpaired) electrons. The highest BCUT2D eigenvalue weighted by Gasteiger charge is 2.24. The van der Waals surface area contributed by atoms with E-state index in [9.17, 15) is 0 Å². The summed E-state index contributed by atoms with van der Waals surface area (Å²) in [5, 5.41) is 4.41. The topological polar surface area (TPSA) is 65.1 Å². The van der Waals surface area contributed by atoms with Crippen molar-refractivity contribution in [3.8, 4) is 5.75 Å². The van der Waals surface area contributed by atoms with Crippen LogP contribution in [0.25, 0.3) is 0 Å². The predicted octanol–water partition coefficient (Wildman–Crippen LogP) is 3.22. The van der Waals surface area contributed by atoms with Gasteiger partial charge in [-0.2, -0.15) is 5.10 Å². The van der Waals surface area contributed by atoms with E-state index in [1.54, 1.807) is 13.3 Å². The maximum Gasteiger partial charge on any atom is 0.161 e. The second kappa shape index (κ2) is 7.57. The van der Waals surface area contributed by atoms with Gasteiger partial charge in [-0.25, -0.2) is 5.43 Å². The molecule has 2 aromatic rings. The van der Waals surface area contributed by atoms with Crippen LogP contribution in [0.1, 0.15) is 30.6 Å². The number of hydrogen-bond acceptors (Lipinski definition) is 4. The molecule has 0 spiro atoms. The Labute approximate surface area is 146 Å². The number of methoxy groups -OCH3 is 1. The number of ether oxygens (including phenoxy) is 1. The summed E-state index contributed by atoms with van der Waals surface area (Å²) in [6.07, 6.45) is 2.73. The highest BCUT2D eigenvalue weighted by atomic mass is 127. The van der Waals surface area contributed by atoms with Crippen LogP contribution in [-0.2, 0) is 6.54 Å². The Morgan fingerprint density at radius 2 is 2.29 bits per heavy atom. The third-order valence-electron chi connectivity index (χ3n) is 3.21. The Bertz CT molecular complexity index is 617. The van der Waals surface area contributed by atoms with Gasteiger partial charge in [0.1, 0.15) is 5.69 Å². The maximum absolute atomic E-state index is 5.84. The van der Waals surface area contributed by atoms with Gasteiger partial charge in [-0.1, -0.05) is 22.9 Å². The van der Waals surface area contributed by atoms with Crippen molar-refractivity contribution in [1.82, 2.24) is 15.2 Å². The molecule has 0 saturated heterocycles. The first-order valence-electron chi connectivity index (χ1n) is 6.63. The number of halogens is 2. The molecule has 1 atom stereocenters. The zero-order valence-corrected chi connectivity index (χ0v) is 15.7. The second-order valence-corrected chi connectivity index (χ2v) is 6.66. The summed E-state index contributed by atoms with van der Waals surface area (Å²) < 4.78 is 9.54. The van der Waals surface area contributed by atoms with E-state index in [0.717, 1.165) is 38.0 Å². The fourth-order valence-corrected chi connectivity index (χ4v) is 3.29. The molecule has 1 aromatic heterocycles. The van der Waals surface area contributed by atoms with E-state index < -0.39 is 0 Å². The third kappa shape index (κ3) is 3.58. The van der Waals surface area contributed by atoms with Crippen LogP contribution in [-0.4, -0.2) is 16.9 Å². The van der Waals surface area contributed by atoms with Gasteiger partial charge in [0.15, 0.2) is 5.75 Å². The Hall–Kier alpha value is -0.640. The average molecular weight is 465 g/mol. The first-order chi connectivity index (χ1) is 10.1. The highest BCUT2D eigenvalue weighted by Crippen LogP contribution is 2.33. The van der Waals surface area contributed by atoms with E-state index in [0.29, 0.717) is 0 Å². The molecule has 2 rings (SSSR count). The molecule has 7 heteroatoms. The van der Waals surface area contributed by atoms with Crippen LogP contribution < -0.4 is 16.0 Å². The molecule has 21 heavy (non-hydrogen) atoms. The molecular weight excluding hydrogens is 447 g/mol. The molecule has 0 saturated carbocycles. The van der Waals surface area contributed by atoms with E-state index in [-0.39, 0.29) is 6.04 Å². The minimum absolute atomic E-state index is 0.182. The number of nitrogens with two attached hydrogens (primary N) is 1. The van der Waals surface area contributed by atoms with Gasteiger partial charge in [0.25, 0.3) is 0 Å². The minimum Gasteiger partial charge on any atom is -0.493 e. The van der Waals surface area contributed by atoms with Crippen LogP contribution in [0.2, 0.25) is 0 Å². The molecule has 0 fully saturated rings. The molecule has 0 bridgehead atoms. The molecule has 0 aliphatic rings. The summed E-state index contributed by atoms with van der Waals surface area (Å²) in [5.74, 6) is 6.58. The van der Waals surface area contributed by atoms with Gasteiger partial charge in [-0.3, -0.25) is 10.5 Å². The van der Waals surface area contributed by atoms with E-state index in [1.807, 2.05) is 10.7 Å². The van der Waals surface area contributed by atoms with Gasteiger partial charge in [-0.05, 0) is 52.8 Å². The monoisotopic (exact) mass is 464 g/mol. The van der Waals surface area contributed by atoms with E-state index in [1.165, 1.54) is 0 Å². The van der Waals surface area contributed by atoms with Crippen molar-refractivity contribution < 1.29 is 4.74 Å². The Balaban J connectivity index is 2.55. The van der Waals surface area contributed by atoms with E-state index >= 15 is 0 Å². The zero-order valence-electron chi connectivity index (χ0n) is 11.9. The largest absolute Gasteiger partial charge is 0.493 e. The van der Waals surface area contributed by atoms with Crippen molar-refractivity contribution in [3.05, 3.63) is 43.7 Å². The quantitative estimate of drug-likeness (QED) is 0.391. The Morgan fingerprint density at radius 3 is 2.90 bits per heavy atom. The molecular formula is C14H18BrIN4O. The third-order valence-corrected chi connectivity index (χ3v) is 4.69. The summed E-state index contributed by atoms with van der Waals surface area (Å²) in [7, 11) is 1.65. The van der Waals surface area contributed by atoms with Crippen LogP contribution in [0.5, 0.6) is 5.75 Å². The number of aromatic nitrogens is 2. The lowest BCUT2D eigenvalue weighted by Crippen LogP contribution is -2.31. The number of nitrogens with one attached hydrogen (secondary N) is 1. The number of nitrogens with zero attached hydrogens (tertiary/aromatic N) is 2. The molecule has 1 aromatic carbocycles. The van der Waals surface area contributed by atoms with Crippen LogP contribution in [0.15, 0.2) is 28.9 Å². The fraction of sp³-hybridized carbons (Fsp3) is 0.357.